The lowest BCUT2D eigenvalue weighted by Crippen LogP contribution is -2.31. The Bertz CT molecular complexity index is 696. The van der Waals surface area contributed by atoms with Gasteiger partial charge in [-0.3, -0.25) is 0 Å². The molecule has 0 aliphatic heterocycles. The van der Waals surface area contributed by atoms with Gasteiger partial charge in [0.2, 0.25) is 5.82 Å². The fourth-order valence-electron chi connectivity index (χ4n) is 3.67. The van der Waals surface area contributed by atoms with E-state index in [9.17, 15) is 4.79 Å². The van der Waals surface area contributed by atoms with E-state index >= 15 is 0 Å². The van der Waals surface area contributed by atoms with E-state index in [2.05, 4.69) is 28.8 Å². The molecule has 0 bridgehead atoms. The maximum atomic E-state index is 12.2. The Labute approximate surface area is 148 Å². The molecule has 2 aliphatic rings. The van der Waals surface area contributed by atoms with Crippen LogP contribution < -0.4 is 5.32 Å². The summed E-state index contributed by atoms with van der Waals surface area (Å²) in [7, 11) is 0. The fourth-order valence-corrected chi connectivity index (χ4v) is 3.67. The van der Waals surface area contributed by atoms with Crippen LogP contribution in [0.4, 0.5) is 5.82 Å². The number of aromatic nitrogens is 2. The van der Waals surface area contributed by atoms with Crippen LogP contribution in [0.15, 0.2) is 18.9 Å². The van der Waals surface area contributed by atoms with Crippen LogP contribution in [-0.2, 0) is 4.74 Å². The van der Waals surface area contributed by atoms with Gasteiger partial charge in [0, 0.05) is 12.2 Å². The lowest BCUT2D eigenvalue weighted by atomic mass is 9.77. The topological polar surface area (TPSA) is 87.9 Å². The standard InChI is InChI=1S/C19H24N4O2/c1-3-10-25-18(24)15-12-21-16(11-20)23-17(15)22-13(2)14-4-6-19(7-5-14)8-9-19/h3,12-14H,1,4-10H2,2H3,(H,21,22,23). The van der Waals surface area contributed by atoms with Gasteiger partial charge in [0.05, 0.1) is 0 Å². The number of hydrogen-bond acceptors (Lipinski definition) is 6. The van der Waals surface area contributed by atoms with Crippen molar-refractivity contribution in [1.29, 1.82) is 5.26 Å². The molecule has 6 nitrogen and oxygen atoms in total. The van der Waals surface area contributed by atoms with Gasteiger partial charge in [-0.25, -0.2) is 14.8 Å². The minimum absolute atomic E-state index is 0.0375. The molecular weight excluding hydrogens is 316 g/mol. The third-order valence-corrected chi connectivity index (χ3v) is 5.56. The molecule has 0 radical (unpaired) electrons. The molecule has 1 atom stereocenters. The Hall–Kier alpha value is -2.42. The Morgan fingerprint density at radius 2 is 2.24 bits per heavy atom. The van der Waals surface area contributed by atoms with Gasteiger partial charge >= 0.3 is 5.97 Å². The van der Waals surface area contributed by atoms with Crippen LogP contribution >= 0.6 is 0 Å². The van der Waals surface area contributed by atoms with E-state index in [1.165, 1.54) is 50.8 Å². The number of nitriles is 1. The zero-order chi connectivity index (χ0) is 17.9. The molecule has 0 aromatic carbocycles. The average molecular weight is 340 g/mol. The van der Waals surface area contributed by atoms with Crippen LogP contribution in [0.25, 0.3) is 0 Å². The molecule has 1 heterocycles. The summed E-state index contributed by atoms with van der Waals surface area (Å²) in [6.45, 7) is 5.77. The minimum atomic E-state index is -0.514. The number of carbonyl (C=O) groups is 1. The number of nitrogens with zero attached hydrogens (tertiary/aromatic N) is 3. The number of ether oxygens (including phenoxy) is 1. The number of hydrogen-bond donors (Lipinski definition) is 1. The van der Waals surface area contributed by atoms with Crippen molar-refractivity contribution in [2.75, 3.05) is 11.9 Å². The monoisotopic (exact) mass is 340 g/mol. The molecule has 132 valence electrons. The lowest BCUT2D eigenvalue weighted by molar-refractivity contribution is 0.0550. The minimum Gasteiger partial charge on any atom is -0.458 e. The summed E-state index contributed by atoms with van der Waals surface area (Å²) in [6, 6.07) is 2.09. The van der Waals surface area contributed by atoms with Crippen LogP contribution in [0.5, 0.6) is 0 Å². The molecule has 0 amide bonds. The number of esters is 1. The van der Waals surface area contributed by atoms with Crippen molar-refractivity contribution in [1.82, 2.24) is 9.97 Å². The number of anilines is 1. The van der Waals surface area contributed by atoms with E-state index in [1.807, 2.05) is 6.07 Å². The second kappa shape index (κ2) is 7.22. The van der Waals surface area contributed by atoms with Gasteiger partial charge in [0.25, 0.3) is 0 Å². The van der Waals surface area contributed by atoms with Gasteiger partial charge in [-0.05, 0) is 56.8 Å². The van der Waals surface area contributed by atoms with Crippen molar-refractivity contribution in [3.63, 3.8) is 0 Å². The van der Waals surface area contributed by atoms with Gasteiger partial charge in [0.1, 0.15) is 24.1 Å². The van der Waals surface area contributed by atoms with Crippen LogP contribution in [0.3, 0.4) is 0 Å². The van der Waals surface area contributed by atoms with E-state index in [0.717, 1.165) is 0 Å². The summed E-state index contributed by atoms with van der Waals surface area (Å²) in [5.41, 5.74) is 0.904. The van der Waals surface area contributed by atoms with Gasteiger partial charge in [-0.1, -0.05) is 12.7 Å². The number of carbonyl (C=O) groups excluding carboxylic acids is 1. The van der Waals surface area contributed by atoms with Crippen LogP contribution in [0.1, 0.15) is 61.6 Å². The first-order valence-electron chi connectivity index (χ1n) is 8.88. The first-order valence-corrected chi connectivity index (χ1v) is 8.88. The van der Waals surface area contributed by atoms with E-state index < -0.39 is 5.97 Å². The van der Waals surface area contributed by atoms with E-state index in [4.69, 9.17) is 10.00 Å². The maximum Gasteiger partial charge on any atom is 0.343 e. The van der Waals surface area contributed by atoms with Crippen LogP contribution in [0.2, 0.25) is 0 Å². The molecule has 1 aromatic heterocycles. The highest BCUT2D eigenvalue weighted by Crippen LogP contribution is 2.57. The molecule has 3 rings (SSSR count). The predicted molar refractivity (Wildman–Crippen MR) is 93.9 cm³/mol. The van der Waals surface area contributed by atoms with Gasteiger partial charge in [0.15, 0.2) is 0 Å². The zero-order valence-corrected chi connectivity index (χ0v) is 14.6. The lowest BCUT2D eigenvalue weighted by Gasteiger charge is -2.33. The molecule has 1 spiro atoms. The largest absolute Gasteiger partial charge is 0.458 e. The molecule has 25 heavy (non-hydrogen) atoms. The first-order chi connectivity index (χ1) is 12.1. The molecule has 2 aliphatic carbocycles. The van der Waals surface area contributed by atoms with Crippen LogP contribution in [-0.4, -0.2) is 28.6 Å². The van der Waals surface area contributed by atoms with Gasteiger partial charge < -0.3 is 10.1 Å². The normalized spacial score (nSPS) is 19.7. The maximum absolute atomic E-state index is 12.2. The molecule has 2 saturated carbocycles. The molecular formula is C19H24N4O2. The van der Waals surface area contributed by atoms with Crippen molar-refractivity contribution in [3.8, 4) is 6.07 Å². The van der Waals surface area contributed by atoms with E-state index in [1.54, 1.807) is 0 Å². The quantitative estimate of drug-likeness (QED) is 0.630. The third-order valence-electron chi connectivity index (χ3n) is 5.56. The summed E-state index contributed by atoms with van der Waals surface area (Å²) in [6.07, 6.45) is 10.6. The van der Waals surface area contributed by atoms with Gasteiger partial charge in [-0.2, -0.15) is 5.26 Å². The summed E-state index contributed by atoms with van der Waals surface area (Å²) in [5.74, 6) is 0.443. The highest BCUT2D eigenvalue weighted by atomic mass is 16.5. The van der Waals surface area contributed by atoms with Crippen molar-refractivity contribution in [3.05, 3.63) is 30.2 Å². The molecule has 1 aromatic rings. The van der Waals surface area contributed by atoms with Gasteiger partial charge in [-0.15, -0.1) is 0 Å². The average Bonchev–Trinajstić information content (AvgIpc) is 3.39. The SMILES string of the molecule is C=CCOC(=O)c1cnc(C#N)nc1NC(C)C1CCC2(CC1)CC2. The Balaban J connectivity index is 1.71. The van der Waals surface area contributed by atoms with E-state index in [0.29, 0.717) is 17.2 Å². The number of rotatable bonds is 6. The Morgan fingerprint density at radius 1 is 1.52 bits per heavy atom. The molecule has 2 fully saturated rings. The van der Waals surface area contributed by atoms with Crippen molar-refractivity contribution < 1.29 is 9.53 Å². The molecule has 6 heteroatoms. The highest BCUT2D eigenvalue weighted by Gasteiger charge is 2.45. The summed E-state index contributed by atoms with van der Waals surface area (Å²) >= 11 is 0. The fraction of sp³-hybridized carbons (Fsp3) is 0.579. The number of nitrogens with one attached hydrogen (secondary N) is 1. The highest BCUT2D eigenvalue weighted by molar-refractivity contribution is 5.94. The van der Waals surface area contributed by atoms with Crippen molar-refractivity contribution in [2.24, 2.45) is 11.3 Å². The smallest absolute Gasteiger partial charge is 0.343 e. The van der Waals surface area contributed by atoms with Crippen molar-refractivity contribution >= 4 is 11.8 Å². The second-order valence-electron chi connectivity index (χ2n) is 7.23. The Morgan fingerprint density at radius 3 is 2.84 bits per heavy atom. The molecule has 1 N–H and O–H groups in total. The van der Waals surface area contributed by atoms with Crippen LogP contribution in [0, 0.1) is 22.7 Å². The second-order valence-corrected chi connectivity index (χ2v) is 7.23. The zero-order valence-electron chi connectivity index (χ0n) is 14.6. The summed E-state index contributed by atoms with van der Waals surface area (Å²) < 4.78 is 5.09. The first kappa shape index (κ1) is 17.4. The third kappa shape index (κ3) is 3.98. The summed E-state index contributed by atoms with van der Waals surface area (Å²) in [4.78, 5) is 20.3. The molecule has 0 saturated heterocycles. The van der Waals surface area contributed by atoms with Crippen molar-refractivity contribution in [2.45, 2.75) is 51.5 Å². The molecule has 1 unspecified atom stereocenters. The summed E-state index contributed by atoms with van der Waals surface area (Å²) in [5, 5.41) is 12.4. The van der Waals surface area contributed by atoms with E-state index in [-0.39, 0.29) is 24.0 Å². The Kier molecular flexibility index (Phi) is 5.03. The predicted octanol–water partition coefficient (Wildman–Crippen LogP) is 3.46.